The van der Waals surface area contributed by atoms with Gasteiger partial charge in [-0.2, -0.15) is 0 Å². The number of fused-ring (bicyclic) bond motifs is 8. The van der Waals surface area contributed by atoms with E-state index >= 15 is 8.78 Å². The maximum Gasteiger partial charge on any atom is 0.303 e. The molecule has 0 spiro atoms. The Balaban J connectivity index is 1.37. The van der Waals surface area contributed by atoms with Crippen molar-refractivity contribution >= 4 is 22.8 Å². The monoisotopic (exact) mass is 630 g/mol. The summed E-state index contributed by atoms with van der Waals surface area (Å²) in [6.45, 7) is 2.82. The maximum absolute atomic E-state index is 15.5. The van der Waals surface area contributed by atoms with Crippen molar-refractivity contribution in [2.75, 3.05) is 26.8 Å². The van der Waals surface area contributed by atoms with Gasteiger partial charge in [-0.15, -0.1) is 0 Å². The van der Waals surface area contributed by atoms with Gasteiger partial charge in [0.15, 0.2) is 11.6 Å². The van der Waals surface area contributed by atoms with E-state index in [1.807, 2.05) is 37.3 Å². The first-order valence-corrected chi connectivity index (χ1v) is 15.2. The number of nitrogens with one attached hydrogen (secondary N) is 3. The topological polar surface area (TPSA) is 116 Å². The van der Waals surface area contributed by atoms with E-state index in [0.29, 0.717) is 24.0 Å². The number of carbonyl (C=O) groups excluding carboxylic acids is 1. The molecule has 2 unspecified atom stereocenters. The van der Waals surface area contributed by atoms with Crippen molar-refractivity contribution in [3.05, 3.63) is 107 Å². The molecule has 0 fully saturated rings. The molecular weight excluding hydrogens is 594 g/mol. The second kappa shape index (κ2) is 12.8. The number of aromatic nitrogens is 1. The second-order valence-electron chi connectivity index (χ2n) is 12.0. The molecule has 1 amide bonds. The number of benzene rings is 3. The summed E-state index contributed by atoms with van der Waals surface area (Å²) < 4.78 is 43.2. The van der Waals surface area contributed by atoms with Gasteiger partial charge in [-0.05, 0) is 55.2 Å². The molecule has 0 saturated heterocycles. The van der Waals surface area contributed by atoms with Gasteiger partial charge in [0.05, 0.1) is 18.6 Å². The lowest BCUT2D eigenvalue weighted by atomic mass is 9.79. The number of halogens is 2. The average Bonchev–Trinajstić information content (AvgIpc) is 3.73. The summed E-state index contributed by atoms with van der Waals surface area (Å²) in [7, 11) is 1.71. The highest BCUT2D eigenvalue weighted by molar-refractivity contribution is 5.86. The van der Waals surface area contributed by atoms with Crippen LogP contribution in [0.25, 0.3) is 10.9 Å². The molecule has 46 heavy (non-hydrogen) atoms. The number of aliphatic carboxylic acids is 1. The highest BCUT2D eigenvalue weighted by atomic mass is 19.1. The molecule has 11 heteroatoms. The summed E-state index contributed by atoms with van der Waals surface area (Å²) in [5.74, 6) is -1.85. The quantitative estimate of drug-likeness (QED) is 0.230. The Hall–Kier alpha value is -4.90. The van der Waals surface area contributed by atoms with Crippen LogP contribution in [0.3, 0.4) is 0 Å². The van der Waals surface area contributed by atoms with Crippen molar-refractivity contribution in [1.29, 1.82) is 0 Å². The molecule has 4 N–H and O–H groups in total. The van der Waals surface area contributed by atoms with Gasteiger partial charge in [0.2, 0.25) is 5.91 Å². The fourth-order valence-corrected chi connectivity index (χ4v) is 6.06. The van der Waals surface area contributed by atoms with Gasteiger partial charge < -0.3 is 35.1 Å². The van der Waals surface area contributed by atoms with Gasteiger partial charge in [0, 0.05) is 72.6 Å². The predicted molar refractivity (Wildman–Crippen MR) is 168 cm³/mol. The Morgan fingerprint density at radius 1 is 1.11 bits per heavy atom. The number of H-pyrrole nitrogens is 1. The molecule has 6 rings (SSSR count). The molecule has 240 valence electrons. The minimum Gasteiger partial charge on any atom is -0.481 e. The number of nitrogens with zero attached hydrogens (tertiary/aromatic N) is 1. The van der Waals surface area contributed by atoms with Crippen LogP contribution in [0, 0.1) is 11.6 Å². The van der Waals surface area contributed by atoms with E-state index in [1.165, 1.54) is 24.3 Å². The van der Waals surface area contributed by atoms with Crippen molar-refractivity contribution in [2.24, 2.45) is 0 Å². The van der Waals surface area contributed by atoms with E-state index in [2.05, 4.69) is 15.6 Å². The van der Waals surface area contributed by atoms with Crippen LogP contribution < -0.4 is 15.4 Å². The number of amides is 1. The number of aryl methyl sites for hydroxylation is 2. The lowest BCUT2D eigenvalue weighted by Gasteiger charge is -2.33. The first-order valence-electron chi connectivity index (χ1n) is 15.2. The van der Waals surface area contributed by atoms with Crippen molar-refractivity contribution in [3.8, 4) is 11.5 Å². The van der Waals surface area contributed by atoms with E-state index in [1.54, 1.807) is 24.3 Å². The standard InChI is InChI=1S/C35H36F2N4O5/c1-35(22-5-3-4-21(16-22)6-11-32(43)44)20-45-15-14-41(2)31(42)10-8-25-24-12-13-38-29(24)18-28(37)33(25)46-23-7-9-27(36)26(17-23)34-39-19-30(35)40-34/h3-5,7,9,12-13,16-19,34,38-40H,6,8,10-11,14-15,20H2,1-2H3,(H,43,44). The minimum absolute atomic E-state index is 0.00370. The van der Waals surface area contributed by atoms with Gasteiger partial charge in [-0.3, -0.25) is 9.59 Å². The Kier molecular flexibility index (Phi) is 8.68. The molecule has 2 aliphatic heterocycles. The zero-order chi connectivity index (χ0) is 32.4. The maximum atomic E-state index is 15.5. The van der Waals surface area contributed by atoms with Crippen LogP contribution in [-0.2, 0) is 32.6 Å². The number of hydrogen-bond acceptors (Lipinski definition) is 6. The fraction of sp³-hybridized carbons (Fsp3) is 0.314. The van der Waals surface area contributed by atoms with E-state index in [9.17, 15) is 14.7 Å². The van der Waals surface area contributed by atoms with Crippen molar-refractivity contribution in [1.82, 2.24) is 20.5 Å². The highest BCUT2D eigenvalue weighted by Crippen LogP contribution is 2.38. The zero-order valence-corrected chi connectivity index (χ0v) is 25.7. The fourth-order valence-electron chi connectivity index (χ4n) is 6.06. The van der Waals surface area contributed by atoms with Crippen LogP contribution in [0.5, 0.6) is 11.5 Å². The van der Waals surface area contributed by atoms with Crippen LogP contribution in [0.4, 0.5) is 8.78 Å². The molecule has 0 radical (unpaired) electrons. The van der Waals surface area contributed by atoms with Crippen molar-refractivity contribution in [3.63, 3.8) is 0 Å². The molecule has 1 aromatic heterocycles. The number of hydrogen-bond donors (Lipinski definition) is 4. The third-order valence-corrected chi connectivity index (χ3v) is 8.82. The van der Waals surface area contributed by atoms with Crippen LogP contribution in [0.2, 0.25) is 0 Å². The average molecular weight is 631 g/mol. The van der Waals surface area contributed by atoms with Crippen LogP contribution in [-0.4, -0.2) is 53.7 Å². The van der Waals surface area contributed by atoms with Gasteiger partial charge in [0.1, 0.15) is 17.7 Å². The minimum atomic E-state index is -0.876. The Morgan fingerprint density at radius 2 is 1.96 bits per heavy atom. The summed E-state index contributed by atoms with van der Waals surface area (Å²) in [4.78, 5) is 29.0. The Morgan fingerprint density at radius 3 is 2.78 bits per heavy atom. The third-order valence-electron chi connectivity index (χ3n) is 8.82. The first kappa shape index (κ1) is 31.1. The lowest BCUT2D eigenvalue weighted by Crippen LogP contribution is -2.38. The van der Waals surface area contributed by atoms with E-state index < -0.39 is 29.2 Å². The largest absolute Gasteiger partial charge is 0.481 e. The molecule has 2 aliphatic rings. The normalized spacial score (nSPS) is 20.5. The number of carbonyl (C=O) groups is 2. The molecule has 4 aromatic rings. The number of ether oxygens (including phenoxy) is 2. The number of carboxylic acids is 1. The van der Waals surface area contributed by atoms with E-state index in [-0.39, 0.29) is 55.4 Å². The zero-order valence-electron chi connectivity index (χ0n) is 25.7. The molecule has 2 atom stereocenters. The summed E-state index contributed by atoms with van der Waals surface area (Å²) in [6, 6.07) is 15.1. The van der Waals surface area contributed by atoms with E-state index in [0.717, 1.165) is 22.2 Å². The molecule has 0 aliphatic carbocycles. The van der Waals surface area contributed by atoms with Crippen LogP contribution in [0.1, 0.15) is 48.2 Å². The first-order chi connectivity index (χ1) is 22.1. The van der Waals surface area contributed by atoms with Gasteiger partial charge >= 0.3 is 5.97 Å². The van der Waals surface area contributed by atoms with E-state index in [4.69, 9.17) is 9.47 Å². The Labute approximate surface area is 265 Å². The third kappa shape index (κ3) is 6.28. The molecule has 4 bridgehead atoms. The predicted octanol–water partition coefficient (Wildman–Crippen LogP) is 5.67. The van der Waals surface area contributed by atoms with Gasteiger partial charge in [-0.25, -0.2) is 8.78 Å². The summed E-state index contributed by atoms with van der Waals surface area (Å²) in [5.41, 5.74) is 3.14. The summed E-state index contributed by atoms with van der Waals surface area (Å²) in [5, 5.41) is 16.6. The molecular formula is C35H36F2N4O5. The SMILES string of the molecule is CN1CCOCC(C)(c2cccc(CCC(=O)O)c2)C2=CNC(N2)c2cc(ccc2F)Oc2c(F)cc3[nH]ccc3c2CCC1=O. The van der Waals surface area contributed by atoms with Gasteiger partial charge in [-0.1, -0.05) is 24.3 Å². The van der Waals surface area contributed by atoms with Crippen molar-refractivity contribution < 1.29 is 33.0 Å². The molecule has 9 nitrogen and oxygen atoms in total. The number of likely N-dealkylation sites (N-methyl/N-ethyl adjacent to an activating group) is 1. The second-order valence-corrected chi connectivity index (χ2v) is 12.0. The molecule has 0 saturated carbocycles. The van der Waals surface area contributed by atoms with Crippen molar-refractivity contribution in [2.45, 2.75) is 44.2 Å². The number of rotatable bonds is 4. The summed E-state index contributed by atoms with van der Waals surface area (Å²) >= 11 is 0. The number of aromatic amines is 1. The smallest absolute Gasteiger partial charge is 0.303 e. The molecule has 3 heterocycles. The highest BCUT2D eigenvalue weighted by Gasteiger charge is 2.37. The van der Waals surface area contributed by atoms with Crippen LogP contribution in [0.15, 0.2) is 72.7 Å². The lowest BCUT2D eigenvalue weighted by molar-refractivity contribution is -0.137. The van der Waals surface area contributed by atoms with Gasteiger partial charge in [0.25, 0.3) is 0 Å². The van der Waals surface area contributed by atoms with Crippen LogP contribution >= 0.6 is 0 Å². The Bertz CT molecular complexity index is 1820. The molecule has 3 aromatic carbocycles. The number of carboxylic acid groups (broad SMARTS) is 1. The summed E-state index contributed by atoms with van der Waals surface area (Å²) in [6.07, 6.45) is 3.56.